The van der Waals surface area contributed by atoms with Crippen molar-refractivity contribution in [3.8, 4) is 11.5 Å². The van der Waals surface area contributed by atoms with Crippen molar-refractivity contribution in [1.29, 1.82) is 0 Å². The van der Waals surface area contributed by atoms with Crippen LogP contribution in [0.2, 0.25) is 54.4 Å². The van der Waals surface area contributed by atoms with Crippen molar-refractivity contribution >= 4 is 42.5 Å². The number of Topliss-reactive ketones (excluding diaryl/α,β-unsaturated/α-hetero) is 2. The zero-order valence-electron chi connectivity index (χ0n) is 64.1. The van der Waals surface area contributed by atoms with Crippen molar-refractivity contribution in [2.24, 2.45) is 35.5 Å². The van der Waals surface area contributed by atoms with E-state index in [1.54, 1.807) is 21.1 Å². The fraction of sp³-hybridized carbons (Fsp3) is 0.568. The minimum absolute atomic E-state index is 0.0308. The molecule has 0 aromatic heterocycles. The predicted molar refractivity (Wildman–Crippen MR) is 404 cm³/mol. The topological polar surface area (TPSA) is 155 Å². The molecule has 1 N–H and O–H groups in total. The minimum Gasteiger partial charge on any atom is -0.497 e. The van der Waals surface area contributed by atoms with Crippen molar-refractivity contribution in [3.05, 3.63) is 180 Å². The van der Waals surface area contributed by atoms with E-state index in [2.05, 4.69) is 164 Å². The van der Waals surface area contributed by atoms with E-state index in [1.165, 1.54) is 13.2 Å². The number of methoxy groups -OCH3 is 3. The average molecular weight is 1390 g/mol. The van der Waals surface area contributed by atoms with Crippen LogP contribution in [0.4, 0.5) is 0 Å². The lowest BCUT2D eigenvalue weighted by molar-refractivity contribution is -0.162. The number of rotatable bonds is 38. The lowest BCUT2D eigenvalue weighted by Crippen LogP contribution is -2.54. The molecule has 0 saturated carbocycles. The van der Waals surface area contributed by atoms with E-state index in [4.69, 9.17) is 41.7 Å². The second kappa shape index (κ2) is 36.3. The van der Waals surface area contributed by atoms with Gasteiger partial charge in [-0.05, 0) is 139 Å². The first-order chi connectivity index (χ1) is 45.1. The van der Waals surface area contributed by atoms with Gasteiger partial charge in [-0.2, -0.15) is 0 Å². The number of aliphatic hydroxyl groups excluding tert-OH is 1. The van der Waals surface area contributed by atoms with Crippen LogP contribution in [0, 0.1) is 35.5 Å². The summed E-state index contributed by atoms with van der Waals surface area (Å²) in [5.74, 6) is -3.26. The fourth-order valence-electron chi connectivity index (χ4n) is 11.7. The van der Waals surface area contributed by atoms with Gasteiger partial charge in [-0.1, -0.05) is 219 Å². The van der Waals surface area contributed by atoms with Crippen molar-refractivity contribution in [3.63, 3.8) is 0 Å². The minimum atomic E-state index is -2.68. The van der Waals surface area contributed by atoms with Gasteiger partial charge in [0.15, 0.2) is 31.1 Å². The summed E-state index contributed by atoms with van der Waals surface area (Å²) in [4.78, 5) is 44.5. The summed E-state index contributed by atoms with van der Waals surface area (Å²) in [6.07, 6.45) is 4.02. The number of hydrogen-bond acceptors (Lipinski definition) is 13. The number of carbonyl (C=O) groups is 3. The molecule has 0 amide bonds. The van der Waals surface area contributed by atoms with Crippen LogP contribution in [0.15, 0.2) is 157 Å². The number of allylic oxidation sites excluding steroid dienone is 4. The van der Waals surface area contributed by atoms with Crippen LogP contribution in [0.3, 0.4) is 0 Å². The highest BCUT2D eigenvalue weighted by molar-refractivity contribution is 6.75. The van der Waals surface area contributed by atoms with E-state index in [0.29, 0.717) is 17.1 Å². The molecule has 0 fully saturated rings. The summed E-state index contributed by atoms with van der Waals surface area (Å²) in [7, 11) is -3.17. The maximum atomic E-state index is 15.3. The van der Waals surface area contributed by atoms with Crippen LogP contribution in [0.25, 0.3) is 0 Å². The second-order valence-electron chi connectivity index (χ2n) is 31.3. The van der Waals surface area contributed by atoms with Crippen LogP contribution in [0.1, 0.15) is 146 Å². The van der Waals surface area contributed by atoms with E-state index < -0.39 is 103 Å². The van der Waals surface area contributed by atoms with Gasteiger partial charge in [-0.25, -0.2) is 4.79 Å². The van der Waals surface area contributed by atoms with Gasteiger partial charge in [-0.3, -0.25) is 9.59 Å². The molecule has 4 aromatic carbocycles. The molecule has 13 nitrogen and oxygen atoms in total. The molecule has 0 saturated heterocycles. The highest BCUT2D eigenvalue weighted by Crippen LogP contribution is 2.47. The number of carbonyl (C=O) groups excluding carboxylic acids is 3. The Morgan fingerprint density at radius 3 is 1.46 bits per heavy atom. The largest absolute Gasteiger partial charge is 0.497 e. The van der Waals surface area contributed by atoms with Gasteiger partial charge in [0.05, 0.1) is 51.8 Å². The molecule has 0 radical (unpaired) electrons. The molecule has 0 aliphatic rings. The molecular weight excluding hydrogens is 1270 g/mol. The Kier molecular flexibility index (Phi) is 31.4. The Morgan fingerprint density at radius 2 is 1.02 bits per heavy atom. The molecule has 12 atom stereocenters. The summed E-state index contributed by atoms with van der Waals surface area (Å²) < 4.78 is 60.2. The standard InChI is InChI=1S/C81H124O13Si3/c1-28-36-55(3)50-57(5)73(93-96(24,25)79(13,14)15)68(54-91-81(63-37-32-30-33-38-63,64-39-34-31-35-40-64)65-43-47-67(87-20)48-44-65)74(90-53-62-41-45-66(86-19)46-42-62)59(7)70(83)52-69(82)56(4)51-58(6)72(92-95(22,23)78(10,11)12)60(8)71(84)61(9)75(88-21)76(77(85)89-49-29-2)94-97(26,27)80(16,17)18/h28-48,50-51,55-56,59-61,68,70,72-76,83H,2,49,52-54H2,1,3-27H3/b36-28-,57-50+,58-51+/t55-,56-,59+,60-,61+,68+,70-,72-,73+,74-,75-,76+/m0/s1. The van der Waals surface area contributed by atoms with Crippen LogP contribution in [-0.2, 0) is 58.8 Å². The number of esters is 1. The lowest BCUT2D eigenvalue weighted by atomic mass is 9.78. The number of benzene rings is 4. The summed E-state index contributed by atoms with van der Waals surface area (Å²) in [5, 5.41) is 12.3. The van der Waals surface area contributed by atoms with Crippen LogP contribution in [0.5, 0.6) is 11.5 Å². The molecule has 0 spiro atoms. The zero-order chi connectivity index (χ0) is 73.2. The first kappa shape index (κ1) is 84.0. The van der Waals surface area contributed by atoms with E-state index in [1.807, 2.05) is 127 Å². The average Bonchev–Trinajstić information content (AvgIpc) is 0.756. The molecule has 0 aliphatic heterocycles. The molecule has 538 valence electrons. The number of aliphatic hydroxyl groups is 1. The van der Waals surface area contributed by atoms with Gasteiger partial charge in [0, 0.05) is 43.1 Å². The Hall–Kier alpha value is -5.38. The number of ketones is 2. The SMILES string of the molecule is C=CCOC(=O)[C@H](O[Si](C)(C)C(C)(C)C)[C@@H](OC)[C@H](C)C(=O)[C@H](C)[C@@H](O[Si](C)(C)C(C)(C)C)/C(C)=C/[C@H](C)C(=O)C[C@H](O)[C@@H](C)[C@H](OCc1ccc(OC)cc1)[C@H](COC(c1ccccc1)(c1ccccc1)c1ccc(OC)cc1)[C@H](O[Si](C)(C)C(C)(C)C)/C(C)=C/[C@@H](C)/C=C\C. The number of ether oxygens (including phenoxy) is 6. The van der Waals surface area contributed by atoms with Crippen molar-refractivity contribution in [1.82, 2.24) is 0 Å². The van der Waals surface area contributed by atoms with Gasteiger partial charge < -0.3 is 46.8 Å². The third-order valence-corrected chi connectivity index (χ3v) is 34.3. The Morgan fingerprint density at radius 1 is 0.577 bits per heavy atom. The van der Waals surface area contributed by atoms with E-state index >= 15 is 9.59 Å². The molecular formula is C81H124O13Si3. The van der Waals surface area contributed by atoms with Gasteiger partial charge >= 0.3 is 5.97 Å². The monoisotopic (exact) mass is 1390 g/mol. The van der Waals surface area contributed by atoms with E-state index in [0.717, 1.165) is 27.8 Å². The van der Waals surface area contributed by atoms with Crippen LogP contribution in [-0.4, -0.2) is 119 Å². The zero-order valence-corrected chi connectivity index (χ0v) is 67.1. The van der Waals surface area contributed by atoms with E-state index in [-0.39, 0.29) is 58.8 Å². The molecule has 0 unspecified atom stereocenters. The molecule has 0 bridgehead atoms. The van der Waals surface area contributed by atoms with E-state index in [9.17, 15) is 9.90 Å². The first-order valence-electron chi connectivity index (χ1n) is 34.8. The number of hydrogen-bond donors (Lipinski definition) is 1. The normalized spacial score (nSPS) is 17.2. The van der Waals surface area contributed by atoms with Crippen LogP contribution < -0.4 is 9.47 Å². The smallest absolute Gasteiger partial charge is 0.337 e. The lowest BCUT2D eigenvalue weighted by Gasteiger charge is -2.46. The second-order valence-corrected chi connectivity index (χ2v) is 45.6. The quantitative estimate of drug-likeness (QED) is 0.0196. The Labute approximate surface area is 588 Å². The van der Waals surface area contributed by atoms with Crippen molar-refractivity contribution < 1.29 is 61.2 Å². The molecule has 4 aromatic rings. The highest BCUT2D eigenvalue weighted by Gasteiger charge is 2.50. The maximum Gasteiger partial charge on any atom is 0.337 e. The molecule has 0 heterocycles. The van der Waals surface area contributed by atoms with Gasteiger partial charge in [0.1, 0.15) is 41.4 Å². The maximum absolute atomic E-state index is 15.3. The predicted octanol–water partition coefficient (Wildman–Crippen LogP) is 18.7. The Balaban J connectivity index is 1.98. The van der Waals surface area contributed by atoms with Crippen LogP contribution >= 0.6 is 0 Å². The molecule has 0 aliphatic carbocycles. The summed E-state index contributed by atoms with van der Waals surface area (Å²) in [6, 6.07) is 36.3. The molecule has 97 heavy (non-hydrogen) atoms. The first-order valence-corrected chi connectivity index (χ1v) is 43.5. The van der Waals surface area contributed by atoms with Crippen molar-refractivity contribution in [2.75, 3.05) is 34.5 Å². The third-order valence-electron chi connectivity index (χ3n) is 20.9. The van der Waals surface area contributed by atoms with Gasteiger partial charge in [-0.15, -0.1) is 0 Å². The van der Waals surface area contributed by atoms with Gasteiger partial charge in [0.2, 0.25) is 0 Å². The summed E-state index contributed by atoms with van der Waals surface area (Å²) >= 11 is 0. The molecule has 16 heteroatoms. The highest BCUT2D eigenvalue weighted by atomic mass is 28.4. The van der Waals surface area contributed by atoms with Crippen molar-refractivity contribution in [2.45, 2.75) is 227 Å². The summed E-state index contributed by atoms with van der Waals surface area (Å²) in [6.45, 7) is 51.9. The van der Waals surface area contributed by atoms with Gasteiger partial charge in [0.25, 0.3) is 0 Å². The summed E-state index contributed by atoms with van der Waals surface area (Å²) in [5.41, 5.74) is 4.05. The Bertz CT molecular complexity index is 3150. The molecule has 4 rings (SSSR count). The fourth-order valence-corrected chi connectivity index (χ4v) is 15.6. The third kappa shape index (κ3) is 22.3.